The second-order valence-electron chi connectivity index (χ2n) is 5.77. The number of nitrogens with zero attached hydrogens (tertiary/aromatic N) is 3. The number of aryl methyl sites for hydroxylation is 1. The zero-order valence-electron chi connectivity index (χ0n) is 14.3. The molecule has 26 heavy (non-hydrogen) atoms. The fourth-order valence-electron chi connectivity index (χ4n) is 2.79. The molecule has 0 aliphatic carbocycles. The maximum Gasteiger partial charge on any atom is 0.261 e. The van der Waals surface area contributed by atoms with Crippen molar-refractivity contribution >= 4 is 23.4 Å². The Kier molecular flexibility index (Phi) is 4.62. The van der Waals surface area contributed by atoms with Crippen molar-refractivity contribution in [3.05, 3.63) is 54.4 Å². The van der Waals surface area contributed by atoms with Gasteiger partial charge >= 0.3 is 0 Å². The third-order valence-corrected chi connectivity index (χ3v) is 5.01. The van der Waals surface area contributed by atoms with E-state index in [0.717, 1.165) is 28.7 Å². The fourth-order valence-corrected chi connectivity index (χ4v) is 3.73. The predicted octanol–water partition coefficient (Wildman–Crippen LogP) is 3.70. The highest BCUT2D eigenvalue weighted by Gasteiger charge is 2.16. The van der Waals surface area contributed by atoms with Crippen LogP contribution in [-0.2, 0) is 6.54 Å². The number of hydrogen-bond acceptors (Lipinski definition) is 5. The molecule has 7 heteroatoms. The van der Waals surface area contributed by atoms with Gasteiger partial charge in [-0.2, -0.15) is 0 Å². The molecule has 1 aliphatic rings. The molecule has 3 aromatic rings. The highest BCUT2D eigenvalue weighted by Crippen LogP contribution is 2.29. The Balaban J connectivity index is 1.49. The van der Waals surface area contributed by atoms with Crippen LogP contribution in [0.2, 0.25) is 0 Å². The first-order valence-corrected chi connectivity index (χ1v) is 9.42. The number of thioether (sulfide) groups is 1. The van der Waals surface area contributed by atoms with Crippen LogP contribution < -0.4 is 10.1 Å². The molecular formula is C19H18N4O2S. The molecule has 1 amide bonds. The molecule has 0 bridgehead atoms. The van der Waals surface area contributed by atoms with Gasteiger partial charge in [0.15, 0.2) is 5.16 Å². The minimum atomic E-state index is -0.244. The number of anilines is 1. The minimum Gasteiger partial charge on any atom is -0.477 e. The van der Waals surface area contributed by atoms with E-state index in [9.17, 15) is 4.79 Å². The van der Waals surface area contributed by atoms with Crippen molar-refractivity contribution in [1.29, 1.82) is 0 Å². The number of aromatic nitrogens is 3. The van der Waals surface area contributed by atoms with Crippen molar-refractivity contribution in [2.24, 2.45) is 0 Å². The topological polar surface area (TPSA) is 69.0 Å². The first-order chi connectivity index (χ1) is 12.7. The molecule has 0 saturated heterocycles. The molecule has 132 valence electrons. The van der Waals surface area contributed by atoms with Crippen LogP contribution in [0.5, 0.6) is 5.88 Å². The second-order valence-corrected chi connectivity index (χ2v) is 6.83. The molecule has 1 aliphatic heterocycles. The minimum absolute atomic E-state index is 0.244. The summed E-state index contributed by atoms with van der Waals surface area (Å²) in [4.78, 5) is 21.3. The monoisotopic (exact) mass is 366 g/mol. The zero-order valence-corrected chi connectivity index (χ0v) is 15.1. The largest absolute Gasteiger partial charge is 0.477 e. The number of ether oxygens (including phenoxy) is 1. The number of nitrogens with one attached hydrogen (secondary N) is 1. The maximum atomic E-state index is 12.5. The molecule has 4 rings (SSSR count). The average Bonchev–Trinajstić information content (AvgIpc) is 3.25. The van der Waals surface area contributed by atoms with E-state index < -0.39 is 0 Å². The van der Waals surface area contributed by atoms with Gasteiger partial charge in [-0.15, -0.1) is 0 Å². The average molecular weight is 366 g/mol. The van der Waals surface area contributed by atoms with E-state index in [2.05, 4.69) is 26.0 Å². The number of amides is 1. The van der Waals surface area contributed by atoms with Crippen LogP contribution in [0.25, 0.3) is 11.3 Å². The summed E-state index contributed by atoms with van der Waals surface area (Å²) in [5, 5.41) is 3.95. The van der Waals surface area contributed by atoms with Crippen LogP contribution in [0.1, 0.15) is 17.3 Å². The molecule has 0 spiro atoms. The lowest BCUT2D eigenvalue weighted by atomic mass is 10.1. The number of carbonyl (C=O) groups excluding carboxylic acids is 1. The molecule has 0 saturated carbocycles. The Morgan fingerprint density at radius 1 is 1.31 bits per heavy atom. The maximum absolute atomic E-state index is 12.5. The van der Waals surface area contributed by atoms with Crippen LogP contribution >= 0.6 is 11.8 Å². The van der Waals surface area contributed by atoms with E-state index in [-0.39, 0.29) is 5.91 Å². The van der Waals surface area contributed by atoms with E-state index in [1.54, 1.807) is 30.1 Å². The molecule has 0 fully saturated rings. The number of imidazole rings is 1. The van der Waals surface area contributed by atoms with Crippen molar-refractivity contribution in [2.75, 3.05) is 17.7 Å². The van der Waals surface area contributed by atoms with Crippen molar-refractivity contribution in [2.45, 2.75) is 18.6 Å². The molecule has 1 aromatic carbocycles. The molecule has 2 aromatic heterocycles. The van der Waals surface area contributed by atoms with Gasteiger partial charge in [-0.05, 0) is 31.2 Å². The van der Waals surface area contributed by atoms with Crippen molar-refractivity contribution in [3.8, 4) is 17.1 Å². The number of fused-ring (bicyclic) bond motifs is 1. The Bertz CT molecular complexity index is 915. The lowest BCUT2D eigenvalue weighted by Crippen LogP contribution is -2.14. The number of hydrogen-bond donors (Lipinski definition) is 1. The van der Waals surface area contributed by atoms with Gasteiger partial charge in [-0.3, -0.25) is 4.79 Å². The van der Waals surface area contributed by atoms with E-state index in [4.69, 9.17) is 4.74 Å². The number of benzene rings is 1. The van der Waals surface area contributed by atoms with Gasteiger partial charge in [-0.1, -0.05) is 23.9 Å². The fraction of sp³-hybridized carbons (Fsp3) is 0.211. The van der Waals surface area contributed by atoms with Gasteiger partial charge in [0.2, 0.25) is 5.88 Å². The number of pyridine rings is 1. The molecule has 0 radical (unpaired) electrons. The summed E-state index contributed by atoms with van der Waals surface area (Å²) >= 11 is 1.77. The van der Waals surface area contributed by atoms with Crippen LogP contribution in [0.3, 0.4) is 0 Å². The first-order valence-electron chi connectivity index (χ1n) is 8.44. The lowest BCUT2D eigenvalue weighted by molar-refractivity contribution is 0.102. The van der Waals surface area contributed by atoms with Crippen LogP contribution in [0, 0.1) is 0 Å². The molecule has 6 nitrogen and oxygen atoms in total. The van der Waals surface area contributed by atoms with Crippen molar-refractivity contribution in [1.82, 2.24) is 14.5 Å². The zero-order chi connectivity index (χ0) is 17.9. The van der Waals surface area contributed by atoms with Gasteiger partial charge in [0, 0.05) is 35.9 Å². The SMILES string of the molecule is CCOc1ncccc1C(=O)Nc1ccc(-c2cn3c(n2)SCC3)cc1. The quantitative estimate of drug-likeness (QED) is 0.746. The Morgan fingerprint density at radius 3 is 2.92 bits per heavy atom. The third kappa shape index (κ3) is 3.30. The van der Waals surface area contributed by atoms with Crippen molar-refractivity contribution < 1.29 is 9.53 Å². The number of rotatable bonds is 5. The molecule has 0 unspecified atom stereocenters. The Labute approximate surface area is 155 Å². The summed E-state index contributed by atoms with van der Waals surface area (Å²) in [5.74, 6) is 1.19. The Morgan fingerprint density at radius 2 is 2.15 bits per heavy atom. The predicted molar refractivity (Wildman–Crippen MR) is 102 cm³/mol. The van der Waals surface area contributed by atoms with Gasteiger partial charge < -0.3 is 14.6 Å². The van der Waals surface area contributed by atoms with Crippen LogP contribution in [0.4, 0.5) is 5.69 Å². The third-order valence-electron chi connectivity index (χ3n) is 4.04. The van der Waals surface area contributed by atoms with Gasteiger partial charge in [-0.25, -0.2) is 9.97 Å². The van der Waals surface area contributed by atoms with E-state index in [0.29, 0.717) is 23.7 Å². The van der Waals surface area contributed by atoms with Gasteiger partial charge in [0.05, 0.1) is 12.3 Å². The molecule has 3 heterocycles. The van der Waals surface area contributed by atoms with Crippen LogP contribution in [-0.4, -0.2) is 32.8 Å². The van der Waals surface area contributed by atoms with Crippen molar-refractivity contribution in [3.63, 3.8) is 0 Å². The van der Waals surface area contributed by atoms with Crippen LogP contribution in [0.15, 0.2) is 53.9 Å². The summed E-state index contributed by atoms with van der Waals surface area (Å²) < 4.78 is 7.59. The summed E-state index contributed by atoms with van der Waals surface area (Å²) in [6.07, 6.45) is 3.68. The smallest absolute Gasteiger partial charge is 0.261 e. The van der Waals surface area contributed by atoms with E-state index in [1.807, 2.05) is 31.2 Å². The molecular weight excluding hydrogens is 348 g/mol. The summed E-state index contributed by atoms with van der Waals surface area (Å²) in [6, 6.07) is 11.1. The van der Waals surface area contributed by atoms with E-state index in [1.165, 1.54) is 0 Å². The summed E-state index contributed by atoms with van der Waals surface area (Å²) in [5.41, 5.74) is 3.12. The van der Waals surface area contributed by atoms with Gasteiger partial charge in [0.25, 0.3) is 5.91 Å². The van der Waals surface area contributed by atoms with Gasteiger partial charge in [0.1, 0.15) is 5.56 Å². The van der Waals surface area contributed by atoms with E-state index >= 15 is 0 Å². The highest BCUT2D eigenvalue weighted by molar-refractivity contribution is 7.99. The second kappa shape index (κ2) is 7.21. The Hall–Kier alpha value is -2.80. The molecule has 0 atom stereocenters. The lowest BCUT2D eigenvalue weighted by Gasteiger charge is -2.09. The summed E-state index contributed by atoms with van der Waals surface area (Å²) in [7, 11) is 0. The first kappa shape index (κ1) is 16.7. The number of carbonyl (C=O) groups is 1. The summed E-state index contributed by atoms with van der Waals surface area (Å²) in [6.45, 7) is 3.33. The standard InChI is InChI=1S/C19H18N4O2S/c1-2-25-18-15(4-3-9-20-18)17(24)21-14-7-5-13(6-8-14)16-12-23-10-11-26-19(23)22-16/h3-9,12H,2,10-11H2,1H3,(H,21,24). The molecule has 1 N–H and O–H groups in total. The highest BCUT2D eigenvalue weighted by atomic mass is 32.2. The normalized spacial score (nSPS) is 12.7.